The maximum absolute atomic E-state index is 13.6. The van der Waals surface area contributed by atoms with E-state index in [9.17, 15) is 4.39 Å². The molecule has 1 aliphatic carbocycles. The third-order valence-corrected chi connectivity index (χ3v) is 4.00. The first kappa shape index (κ1) is 14.3. The second-order valence-corrected chi connectivity index (χ2v) is 5.52. The van der Waals surface area contributed by atoms with Crippen LogP contribution < -0.4 is 10.2 Å². The van der Waals surface area contributed by atoms with Crippen molar-refractivity contribution >= 4 is 5.69 Å². The van der Waals surface area contributed by atoms with Gasteiger partial charge >= 0.3 is 0 Å². The summed E-state index contributed by atoms with van der Waals surface area (Å²) in [5.74, 6) is -0.139. The number of nitrogens with one attached hydrogen (secondary N) is 1. The average molecular weight is 264 g/mol. The van der Waals surface area contributed by atoms with Gasteiger partial charge in [0.05, 0.1) is 5.69 Å². The first-order valence-corrected chi connectivity index (χ1v) is 7.46. The van der Waals surface area contributed by atoms with E-state index < -0.39 is 0 Å². The molecule has 19 heavy (non-hydrogen) atoms. The van der Waals surface area contributed by atoms with Crippen molar-refractivity contribution in [1.82, 2.24) is 5.32 Å². The molecule has 1 N–H and O–H groups in total. The van der Waals surface area contributed by atoms with Crippen LogP contribution in [0.2, 0.25) is 0 Å². The van der Waals surface area contributed by atoms with Crippen molar-refractivity contribution in [3.63, 3.8) is 0 Å². The highest BCUT2D eigenvalue weighted by Gasteiger charge is 2.12. The van der Waals surface area contributed by atoms with E-state index in [2.05, 4.69) is 5.32 Å². The molecule has 0 saturated heterocycles. The van der Waals surface area contributed by atoms with Gasteiger partial charge in [0.25, 0.3) is 0 Å². The lowest BCUT2D eigenvalue weighted by atomic mass is 10.1. The van der Waals surface area contributed by atoms with E-state index in [0.717, 1.165) is 13.1 Å². The van der Waals surface area contributed by atoms with E-state index >= 15 is 0 Å². The zero-order valence-electron chi connectivity index (χ0n) is 11.9. The lowest BCUT2D eigenvalue weighted by Gasteiger charge is -2.22. The molecule has 2 rings (SSSR count). The second kappa shape index (κ2) is 7.49. The molecule has 1 aromatic carbocycles. The number of likely N-dealkylation sites (N-methyl/N-ethyl adjacent to an activating group) is 1. The SMILES string of the molecule is CN(CCNC1CCCCCC1)c1ccccc1F. The normalized spacial score (nSPS) is 17.2. The molecule has 1 saturated carbocycles. The maximum Gasteiger partial charge on any atom is 0.146 e. The number of benzene rings is 1. The fraction of sp³-hybridized carbons (Fsp3) is 0.625. The van der Waals surface area contributed by atoms with Crippen LogP contribution in [0.5, 0.6) is 0 Å². The van der Waals surface area contributed by atoms with Gasteiger partial charge in [0.15, 0.2) is 0 Å². The van der Waals surface area contributed by atoms with Gasteiger partial charge in [-0.2, -0.15) is 0 Å². The predicted molar refractivity (Wildman–Crippen MR) is 79.2 cm³/mol. The highest BCUT2D eigenvalue weighted by molar-refractivity contribution is 5.46. The Morgan fingerprint density at radius 2 is 1.84 bits per heavy atom. The quantitative estimate of drug-likeness (QED) is 0.818. The van der Waals surface area contributed by atoms with E-state index in [-0.39, 0.29) is 5.82 Å². The van der Waals surface area contributed by atoms with Crippen molar-refractivity contribution < 1.29 is 4.39 Å². The van der Waals surface area contributed by atoms with E-state index in [1.807, 2.05) is 24.1 Å². The van der Waals surface area contributed by atoms with Gasteiger partial charge < -0.3 is 10.2 Å². The summed E-state index contributed by atoms with van der Waals surface area (Å²) in [6.07, 6.45) is 8.05. The van der Waals surface area contributed by atoms with Crippen LogP contribution in [0.15, 0.2) is 24.3 Å². The largest absolute Gasteiger partial charge is 0.371 e. The number of rotatable bonds is 5. The second-order valence-electron chi connectivity index (χ2n) is 5.52. The summed E-state index contributed by atoms with van der Waals surface area (Å²) in [6, 6.07) is 7.63. The van der Waals surface area contributed by atoms with Crippen molar-refractivity contribution in [2.45, 2.75) is 44.6 Å². The Bertz CT molecular complexity index is 373. The topological polar surface area (TPSA) is 15.3 Å². The molecule has 1 fully saturated rings. The Morgan fingerprint density at radius 1 is 1.16 bits per heavy atom. The standard InChI is InChI=1S/C16H25FN2/c1-19(16-11-7-6-10-15(16)17)13-12-18-14-8-4-2-3-5-9-14/h6-7,10-11,14,18H,2-5,8-9,12-13H2,1H3. The zero-order valence-corrected chi connectivity index (χ0v) is 11.9. The fourth-order valence-electron chi connectivity index (χ4n) is 2.80. The Kier molecular flexibility index (Phi) is 5.64. The first-order chi connectivity index (χ1) is 9.27. The molecule has 1 aromatic rings. The third-order valence-electron chi connectivity index (χ3n) is 4.00. The van der Waals surface area contributed by atoms with Crippen molar-refractivity contribution in [3.05, 3.63) is 30.1 Å². The maximum atomic E-state index is 13.6. The van der Waals surface area contributed by atoms with Gasteiger partial charge in [-0.05, 0) is 25.0 Å². The molecule has 0 atom stereocenters. The number of hydrogen-bond acceptors (Lipinski definition) is 2. The molecule has 106 valence electrons. The summed E-state index contributed by atoms with van der Waals surface area (Å²) in [5, 5.41) is 3.62. The molecule has 0 amide bonds. The minimum absolute atomic E-state index is 0.139. The van der Waals surface area contributed by atoms with Gasteiger partial charge in [-0.3, -0.25) is 0 Å². The molecule has 1 aliphatic rings. The minimum Gasteiger partial charge on any atom is -0.371 e. The van der Waals surface area contributed by atoms with Crippen LogP contribution in [0.4, 0.5) is 10.1 Å². The lowest BCUT2D eigenvalue weighted by Crippen LogP contribution is -2.35. The number of anilines is 1. The molecule has 2 nitrogen and oxygen atoms in total. The molecular formula is C16H25FN2. The summed E-state index contributed by atoms with van der Waals surface area (Å²) in [7, 11) is 1.95. The summed E-state index contributed by atoms with van der Waals surface area (Å²) in [4.78, 5) is 1.99. The van der Waals surface area contributed by atoms with Gasteiger partial charge in [0, 0.05) is 26.2 Å². The molecular weight excluding hydrogens is 239 g/mol. The van der Waals surface area contributed by atoms with E-state index in [1.54, 1.807) is 6.07 Å². The third kappa shape index (κ3) is 4.50. The van der Waals surface area contributed by atoms with Crippen LogP contribution in [0, 0.1) is 5.82 Å². The zero-order chi connectivity index (χ0) is 13.5. The fourth-order valence-corrected chi connectivity index (χ4v) is 2.80. The molecule has 0 unspecified atom stereocenters. The molecule has 0 radical (unpaired) electrons. The van der Waals surface area contributed by atoms with Crippen LogP contribution in [0.25, 0.3) is 0 Å². The van der Waals surface area contributed by atoms with Gasteiger partial charge in [0.1, 0.15) is 5.82 Å². The van der Waals surface area contributed by atoms with Gasteiger partial charge in [-0.25, -0.2) is 4.39 Å². The van der Waals surface area contributed by atoms with Crippen LogP contribution in [0.3, 0.4) is 0 Å². The monoisotopic (exact) mass is 264 g/mol. The van der Waals surface area contributed by atoms with Crippen LogP contribution in [0.1, 0.15) is 38.5 Å². The van der Waals surface area contributed by atoms with Crippen LogP contribution >= 0.6 is 0 Å². The number of para-hydroxylation sites is 1. The van der Waals surface area contributed by atoms with E-state index in [4.69, 9.17) is 0 Å². The summed E-state index contributed by atoms with van der Waals surface area (Å²) < 4.78 is 13.6. The van der Waals surface area contributed by atoms with Gasteiger partial charge in [0.2, 0.25) is 0 Å². The minimum atomic E-state index is -0.139. The van der Waals surface area contributed by atoms with Crippen molar-refractivity contribution in [2.24, 2.45) is 0 Å². The Hall–Kier alpha value is -1.09. The lowest BCUT2D eigenvalue weighted by molar-refractivity contribution is 0.463. The van der Waals surface area contributed by atoms with Gasteiger partial charge in [-0.1, -0.05) is 37.8 Å². The van der Waals surface area contributed by atoms with Gasteiger partial charge in [-0.15, -0.1) is 0 Å². The summed E-state index contributed by atoms with van der Waals surface area (Å²) in [6.45, 7) is 1.77. The van der Waals surface area contributed by atoms with Crippen molar-refractivity contribution in [1.29, 1.82) is 0 Å². The highest BCUT2D eigenvalue weighted by Crippen LogP contribution is 2.18. The molecule has 0 aromatic heterocycles. The summed E-state index contributed by atoms with van der Waals surface area (Å²) in [5.41, 5.74) is 0.685. The number of hydrogen-bond donors (Lipinski definition) is 1. The highest BCUT2D eigenvalue weighted by atomic mass is 19.1. The molecule has 0 bridgehead atoms. The molecule has 0 heterocycles. The Morgan fingerprint density at radius 3 is 2.53 bits per heavy atom. The van der Waals surface area contributed by atoms with Crippen molar-refractivity contribution in [2.75, 3.05) is 25.0 Å². The number of nitrogens with zero attached hydrogens (tertiary/aromatic N) is 1. The van der Waals surface area contributed by atoms with E-state index in [0.29, 0.717) is 11.7 Å². The molecule has 0 spiro atoms. The van der Waals surface area contributed by atoms with Crippen LogP contribution in [-0.2, 0) is 0 Å². The average Bonchev–Trinajstić information content (AvgIpc) is 2.68. The molecule has 3 heteroatoms. The summed E-state index contributed by atoms with van der Waals surface area (Å²) >= 11 is 0. The Balaban J connectivity index is 1.74. The number of halogens is 1. The van der Waals surface area contributed by atoms with E-state index in [1.165, 1.54) is 44.6 Å². The van der Waals surface area contributed by atoms with Crippen LogP contribution in [-0.4, -0.2) is 26.2 Å². The predicted octanol–water partition coefficient (Wildman–Crippen LogP) is 3.57. The molecule has 0 aliphatic heterocycles. The Labute approximate surface area is 116 Å². The van der Waals surface area contributed by atoms with Crippen molar-refractivity contribution in [3.8, 4) is 0 Å². The smallest absolute Gasteiger partial charge is 0.146 e. The first-order valence-electron chi connectivity index (χ1n) is 7.46.